The monoisotopic (exact) mass is 216 g/mol. The van der Waals surface area contributed by atoms with Gasteiger partial charge in [-0.1, -0.05) is 0 Å². The molecular formula is C6H9NaO7. The van der Waals surface area contributed by atoms with Crippen molar-refractivity contribution in [3.63, 3.8) is 0 Å². The Morgan fingerprint density at radius 3 is 1.86 bits per heavy atom. The van der Waals surface area contributed by atoms with Gasteiger partial charge in [0, 0.05) is 0 Å². The summed E-state index contributed by atoms with van der Waals surface area (Å²) in [6.45, 7) is 0. The molecular weight excluding hydrogens is 207 g/mol. The van der Waals surface area contributed by atoms with Crippen molar-refractivity contribution in [1.82, 2.24) is 0 Å². The number of aliphatic carboxylic acids is 1. The van der Waals surface area contributed by atoms with Crippen LogP contribution in [-0.4, -0.2) is 57.1 Å². The van der Waals surface area contributed by atoms with Gasteiger partial charge in [0.1, 0.15) is 24.4 Å². The Balaban J connectivity index is 0. The van der Waals surface area contributed by atoms with E-state index in [2.05, 4.69) is 0 Å². The molecule has 0 aliphatic heterocycles. The zero-order chi connectivity index (χ0) is 10.6. The fourth-order valence-corrected chi connectivity index (χ4v) is 0.609. The summed E-state index contributed by atoms with van der Waals surface area (Å²) in [7, 11) is 0. The van der Waals surface area contributed by atoms with E-state index < -0.39 is 30.4 Å². The average Bonchev–Trinajstić information content (AvgIpc) is 2.12. The van der Waals surface area contributed by atoms with Gasteiger partial charge >= 0.3 is 29.6 Å². The van der Waals surface area contributed by atoms with Crippen LogP contribution in [0.4, 0.5) is 0 Å². The summed E-state index contributed by atoms with van der Waals surface area (Å²) in [5.74, 6) is -2.01. The van der Waals surface area contributed by atoms with Crippen LogP contribution in [0.15, 0.2) is 0 Å². The fraction of sp³-hybridized carbons (Fsp3) is 0.667. The van der Waals surface area contributed by atoms with Gasteiger partial charge in [0.15, 0.2) is 6.29 Å². The van der Waals surface area contributed by atoms with Crippen molar-refractivity contribution >= 4 is 12.3 Å². The molecule has 76 valence electrons. The summed E-state index contributed by atoms with van der Waals surface area (Å²) in [4.78, 5) is 19.8. The predicted octanol–water partition coefficient (Wildman–Crippen LogP) is -7.62. The quantitative estimate of drug-likeness (QED) is 0.264. The van der Waals surface area contributed by atoms with Gasteiger partial charge in [-0.05, 0) is 0 Å². The number of rotatable bonds is 5. The van der Waals surface area contributed by atoms with Crippen LogP contribution in [0.25, 0.3) is 0 Å². The van der Waals surface area contributed by atoms with Gasteiger partial charge in [0.25, 0.3) is 0 Å². The second kappa shape index (κ2) is 7.30. The third kappa shape index (κ3) is 4.47. The Kier molecular flexibility index (Phi) is 8.55. The van der Waals surface area contributed by atoms with Crippen LogP contribution in [0.2, 0.25) is 0 Å². The maximum Gasteiger partial charge on any atom is 1.00 e. The molecule has 0 heterocycles. The van der Waals surface area contributed by atoms with E-state index in [4.69, 9.17) is 20.4 Å². The Morgan fingerprint density at radius 2 is 1.57 bits per heavy atom. The summed E-state index contributed by atoms with van der Waals surface area (Å²) in [6.07, 6.45) is -8.65. The van der Waals surface area contributed by atoms with E-state index in [9.17, 15) is 14.7 Å². The smallest absolute Gasteiger partial charge is 0.547 e. The molecule has 0 radical (unpaired) electrons. The molecule has 4 atom stereocenters. The Bertz CT molecular complexity index is 197. The summed E-state index contributed by atoms with van der Waals surface area (Å²) in [5.41, 5.74) is 0. The van der Waals surface area contributed by atoms with E-state index in [1.54, 1.807) is 0 Å². The van der Waals surface area contributed by atoms with Gasteiger partial charge in [0.2, 0.25) is 0 Å². The second-order valence-electron chi connectivity index (χ2n) is 2.37. The number of aliphatic hydroxyl groups is 4. The first kappa shape index (κ1) is 16.4. The maximum absolute atomic E-state index is 9.95. The third-order valence-electron chi connectivity index (χ3n) is 1.40. The van der Waals surface area contributed by atoms with Gasteiger partial charge in [-0.3, -0.25) is 0 Å². The molecule has 0 spiro atoms. The molecule has 0 aliphatic rings. The van der Waals surface area contributed by atoms with Crippen LogP contribution >= 0.6 is 0 Å². The van der Waals surface area contributed by atoms with Gasteiger partial charge in [-0.15, -0.1) is 0 Å². The average molecular weight is 216 g/mol. The fourth-order valence-electron chi connectivity index (χ4n) is 0.609. The van der Waals surface area contributed by atoms with E-state index in [-0.39, 0.29) is 35.8 Å². The van der Waals surface area contributed by atoms with Crippen LogP contribution in [0.5, 0.6) is 0 Å². The number of aldehydes is 1. The molecule has 0 saturated heterocycles. The molecule has 0 aliphatic carbocycles. The molecule has 0 saturated carbocycles. The van der Waals surface area contributed by atoms with Crippen molar-refractivity contribution < 1.29 is 64.7 Å². The molecule has 0 aromatic carbocycles. The van der Waals surface area contributed by atoms with Gasteiger partial charge < -0.3 is 35.1 Å². The van der Waals surface area contributed by atoms with E-state index in [1.807, 2.05) is 0 Å². The minimum Gasteiger partial charge on any atom is -0.547 e. The number of carbonyl (C=O) groups is 2. The number of hydrogen-bond acceptors (Lipinski definition) is 7. The number of carboxylic acid groups (broad SMARTS) is 1. The number of aliphatic hydroxyl groups excluding tert-OH is 4. The SMILES string of the molecule is O=C[C@H](O)[C@H](O)[C@H](O)[C@H](O)C(=O)[O-].[Na+]. The first-order valence-electron chi connectivity index (χ1n) is 3.30. The van der Waals surface area contributed by atoms with Crippen molar-refractivity contribution in [2.24, 2.45) is 0 Å². The summed E-state index contributed by atoms with van der Waals surface area (Å²) in [6, 6.07) is 0. The Labute approximate surface area is 101 Å². The second-order valence-corrected chi connectivity index (χ2v) is 2.37. The molecule has 7 nitrogen and oxygen atoms in total. The van der Waals surface area contributed by atoms with Crippen LogP contribution in [-0.2, 0) is 9.59 Å². The summed E-state index contributed by atoms with van der Waals surface area (Å²) in [5, 5.41) is 44.8. The molecule has 0 aromatic heterocycles. The van der Waals surface area contributed by atoms with Crippen LogP contribution in [0.3, 0.4) is 0 Å². The Morgan fingerprint density at radius 1 is 1.14 bits per heavy atom. The van der Waals surface area contributed by atoms with Crippen molar-refractivity contribution in [1.29, 1.82) is 0 Å². The van der Waals surface area contributed by atoms with Crippen LogP contribution < -0.4 is 34.7 Å². The van der Waals surface area contributed by atoms with E-state index in [1.165, 1.54) is 0 Å². The molecule has 14 heavy (non-hydrogen) atoms. The number of carboxylic acids is 1. The normalized spacial score (nSPS) is 18.6. The van der Waals surface area contributed by atoms with Crippen molar-refractivity contribution in [2.45, 2.75) is 24.4 Å². The number of carbonyl (C=O) groups excluding carboxylic acids is 2. The molecule has 0 rings (SSSR count). The molecule has 0 fully saturated rings. The first-order valence-corrected chi connectivity index (χ1v) is 3.30. The van der Waals surface area contributed by atoms with Crippen LogP contribution in [0, 0.1) is 0 Å². The van der Waals surface area contributed by atoms with Crippen molar-refractivity contribution in [3.05, 3.63) is 0 Å². The molecule has 8 heteroatoms. The minimum atomic E-state index is -2.36. The minimum absolute atomic E-state index is 0. The molecule has 0 amide bonds. The van der Waals surface area contributed by atoms with E-state index in [0.717, 1.165) is 0 Å². The first-order chi connectivity index (χ1) is 5.91. The molecule has 0 unspecified atom stereocenters. The van der Waals surface area contributed by atoms with Crippen molar-refractivity contribution in [2.75, 3.05) is 0 Å². The topological polar surface area (TPSA) is 138 Å². The van der Waals surface area contributed by atoms with E-state index >= 15 is 0 Å². The zero-order valence-electron chi connectivity index (χ0n) is 7.40. The van der Waals surface area contributed by atoms with Gasteiger partial charge in [-0.2, -0.15) is 0 Å². The predicted molar refractivity (Wildman–Crippen MR) is 35.1 cm³/mol. The molecule has 0 bridgehead atoms. The summed E-state index contributed by atoms with van der Waals surface area (Å²) >= 11 is 0. The standard InChI is InChI=1S/C6H10O7.Na/c7-1-2(8)3(9)4(10)5(11)6(12)13;/h1-5,8-11H,(H,12,13);/q;+1/p-1/t2-,3-,4-,5-;/m0./s1. The van der Waals surface area contributed by atoms with Crippen LogP contribution in [0.1, 0.15) is 0 Å². The summed E-state index contributed by atoms with van der Waals surface area (Å²) < 4.78 is 0. The number of hydrogen-bond donors (Lipinski definition) is 4. The molecule has 4 N–H and O–H groups in total. The maximum atomic E-state index is 9.95. The Hall–Kier alpha value is -0.0200. The van der Waals surface area contributed by atoms with Crippen molar-refractivity contribution in [3.8, 4) is 0 Å². The molecule has 0 aromatic rings. The van der Waals surface area contributed by atoms with Gasteiger partial charge in [0.05, 0.1) is 5.97 Å². The third-order valence-corrected chi connectivity index (χ3v) is 1.40. The van der Waals surface area contributed by atoms with E-state index in [0.29, 0.717) is 0 Å². The largest absolute Gasteiger partial charge is 1.00 e. The zero-order valence-corrected chi connectivity index (χ0v) is 9.40. The van der Waals surface area contributed by atoms with Gasteiger partial charge in [-0.25, -0.2) is 0 Å².